The Hall–Kier alpha value is -2.31. The largest absolute Gasteiger partial charge is 0.341 e. The van der Waals surface area contributed by atoms with Gasteiger partial charge in [-0.05, 0) is 12.8 Å². The Morgan fingerprint density at radius 2 is 2.14 bits per heavy atom. The fourth-order valence-corrected chi connectivity index (χ4v) is 2.63. The molecule has 0 atom stereocenters. The van der Waals surface area contributed by atoms with Gasteiger partial charge < -0.3 is 9.42 Å². The SMILES string of the molecule is CCC(CC)C(=O)N1CC(c2nc(-c3cnccn3)no2)C1. The summed E-state index contributed by atoms with van der Waals surface area (Å²) in [5, 5.41) is 3.93. The molecule has 0 aromatic carbocycles. The van der Waals surface area contributed by atoms with Crippen LogP contribution in [0.3, 0.4) is 0 Å². The highest BCUT2D eigenvalue weighted by atomic mass is 16.5. The first-order chi connectivity index (χ1) is 10.7. The molecule has 7 heteroatoms. The molecular formula is C15H19N5O2. The Morgan fingerprint density at radius 1 is 1.36 bits per heavy atom. The Kier molecular flexibility index (Phi) is 4.13. The molecule has 1 amide bonds. The topological polar surface area (TPSA) is 85.0 Å². The van der Waals surface area contributed by atoms with E-state index in [1.54, 1.807) is 18.6 Å². The molecule has 0 aliphatic carbocycles. The minimum atomic E-state index is 0.122. The molecule has 0 radical (unpaired) electrons. The molecule has 1 fully saturated rings. The maximum Gasteiger partial charge on any atom is 0.233 e. The van der Waals surface area contributed by atoms with E-state index in [9.17, 15) is 4.79 Å². The Balaban J connectivity index is 1.62. The fraction of sp³-hybridized carbons (Fsp3) is 0.533. The van der Waals surface area contributed by atoms with Crippen molar-refractivity contribution in [3.63, 3.8) is 0 Å². The lowest BCUT2D eigenvalue weighted by Gasteiger charge is -2.39. The van der Waals surface area contributed by atoms with Crippen LogP contribution in [0.15, 0.2) is 23.1 Å². The standard InChI is InChI=1S/C15H19N5O2/c1-3-10(4-2)15(21)20-8-11(9-20)14-18-13(19-22-14)12-7-16-5-6-17-12/h5-7,10-11H,3-4,8-9H2,1-2H3. The molecule has 2 aromatic heterocycles. The number of nitrogens with zero attached hydrogens (tertiary/aromatic N) is 5. The molecular weight excluding hydrogens is 282 g/mol. The van der Waals surface area contributed by atoms with Gasteiger partial charge in [0, 0.05) is 31.4 Å². The zero-order valence-corrected chi connectivity index (χ0v) is 12.8. The summed E-state index contributed by atoms with van der Waals surface area (Å²) in [7, 11) is 0. The smallest absolute Gasteiger partial charge is 0.233 e. The lowest BCUT2D eigenvalue weighted by molar-refractivity contribution is -0.140. The quantitative estimate of drug-likeness (QED) is 0.838. The summed E-state index contributed by atoms with van der Waals surface area (Å²) in [5.41, 5.74) is 0.585. The maximum absolute atomic E-state index is 12.2. The van der Waals surface area contributed by atoms with Gasteiger partial charge in [0.25, 0.3) is 0 Å². The summed E-state index contributed by atoms with van der Waals surface area (Å²) >= 11 is 0. The van der Waals surface area contributed by atoms with Gasteiger partial charge >= 0.3 is 0 Å². The van der Waals surface area contributed by atoms with Gasteiger partial charge in [0.1, 0.15) is 5.69 Å². The second kappa shape index (κ2) is 6.21. The number of likely N-dealkylation sites (tertiary alicyclic amines) is 1. The number of amides is 1. The summed E-state index contributed by atoms with van der Waals surface area (Å²) in [6, 6.07) is 0. The third-order valence-electron chi connectivity index (χ3n) is 4.11. The molecule has 22 heavy (non-hydrogen) atoms. The zero-order chi connectivity index (χ0) is 15.5. The first-order valence-corrected chi connectivity index (χ1v) is 7.61. The van der Waals surface area contributed by atoms with E-state index < -0.39 is 0 Å². The van der Waals surface area contributed by atoms with Crippen LogP contribution in [0.2, 0.25) is 0 Å². The van der Waals surface area contributed by atoms with E-state index in [1.165, 1.54) is 0 Å². The number of carbonyl (C=O) groups excluding carboxylic acids is 1. The number of hydrogen-bond acceptors (Lipinski definition) is 6. The van der Waals surface area contributed by atoms with Crippen molar-refractivity contribution in [2.24, 2.45) is 5.92 Å². The van der Waals surface area contributed by atoms with Crippen LogP contribution >= 0.6 is 0 Å². The summed E-state index contributed by atoms with van der Waals surface area (Å²) in [5.74, 6) is 1.48. The average molecular weight is 301 g/mol. The molecule has 3 rings (SSSR count). The molecule has 0 bridgehead atoms. The van der Waals surface area contributed by atoms with Crippen LogP contribution in [0, 0.1) is 5.92 Å². The van der Waals surface area contributed by atoms with Crippen molar-refractivity contribution >= 4 is 5.91 Å². The van der Waals surface area contributed by atoms with Gasteiger partial charge in [-0.1, -0.05) is 19.0 Å². The first kappa shape index (κ1) is 14.6. The van der Waals surface area contributed by atoms with Crippen LogP contribution in [0.1, 0.15) is 38.5 Å². The number of hydrogen-bond donors (Lipinski definition) is 0. The van der Waals surface area contributed by atoms with Crippen molar-refractivity contribution in [2.45, 2.75) is 32.6 Å². The van der Waals surface area contributed by atoms with E-state index in [0.29, 0.717) is 30.5 Å². The molecule has 116 valence electrons. The van der Waals surface area contributed by atoms with E-state index in [4.69, 9.17) is 4.52 Å². The monoisotopic (exact) mass is 301 g/mol. The first-order valence-electron chi connectivity index (χ1n) is 7.61. The zero-order valence-electron chi connectivity index (χ0n) is 12.8. The molecule has 0 saturated carbocycles. The highest BCUT2D eigenvalue weighted by Crippen LogP contribution is 2.29. The van der Waals surface area contributed by atoms with Crippen LogP contribution < -0.4 is 0 Å². The normalized spacial score (nSPS) is 15.1. The average Bonchev–Trinajstić information content (AvgIpc) is 2.97. The number of aromatic nitrogens is 4. The summed E-state index contributed by atoms with van der Waals surface area (Å²) in [4.78, 5) is 26.6. The summed E-state index contributed by atoms with van der Waals surface area (Å²) < 4.78 is 5.30. The molecule has 7 nitrogen and oxygen atoms in total. The molecule has 0 N–H and O–H groups in total. The lowest BCUT2D eigenvalue weighted by atomic mass is 9.94. The second-order valence-corrected chi connectivity index (χ2v) is 5.50. The van der Waals surface area contributed by atoms with Crippen LogP contribution in [0.4, 0.5) is 0 Å². The molecule has 3 heterocycles. The van der Waals surface area contributed by atoms with Gasteiger partial charge in [-0.3, -0.25) is 9.78 Å². The summed E-state index contributed by atoms with van der Waals surface area (Å²) in [6.07, 6.45) is 6.54. The highest BCUT2D eigenvalue weighted by Gasteiger charge is 2.37. The number of carbonyl (C=O) groups is 1. The van der Waals surface area contributed by atoms with E-state index in [2.05, 4.69) is 34.0 Å². The van der Waals surface area contributed by atoms with E-state index >= 15 is 0 Å². The van der Waals surface area contributed by atoms with E-state index in [-0.39, 0.29) is 17.7 Å². The number of rotatable bonds is 5. The Morgan fingerprint density at radius 3 is 2.77 bits per heavy atom. The Labute approximate surface area is 128 Å². The van der Waals surface area contributed by atoms with Crippen molar-refractivity contribution in [2.75, 3.05) is 13.1 Å². The van der Waals surface area contributed by atoms with Crippen molar-refractivity contribution in [1.29, 1.82) is 0 Å². The highest BCUT2D eigenvalue weighted by molar-refractivity contribution is 5.79. The molecule has 0 unspecified atom stereocenters. The van der Waals surface area contributed by atoms with Crippen molar-refractivity contribution < 1.29 is 9.32 Å². The van der Waals surface area contributed by atoms with E-state index in [0.717, 1.165) is 12.8 Å². The Bertz CT molecular complexity index is 632. The third kappa shape index (κ3) is 2.70. The molecule has 1 aliphatic heterocycles. The second-order valence-electron chi connectivity index (χ2n) is 5.50. The molecule has 1 saturated heterocycles. The van der Waals surface area contributed by atoms with Crippen LogP contribution in [0.25, 0.3) is 11.5 Å². The van der Waals surface area contributed by atoms with E-state index in [1.807, 2.05) is 4.90 Å². The van der Waals surface area contributed by atoms with Gasteiger partial charge in [0.15, 0.2) is 0 Å². The van der Waals surface area contributed by atoms with Crippen LogP contribution in [-0.2, 0) is 4.79 Å². The van der Waals surface area contributed by atoms with Crippen molar-refractivity contribution in [1.82, 2.24) is 25.0 Å². The van der Waals surface area contributed by atoms with Crippen LogP contribution in [0.5, 0.6) is 0 Å². The lowest BCUT2D eigenvalue weighted by Crippen LogP contribution is -2.50. The predicted octanol–water partition coefficient (Wildman–Crippen LogP) is 1.89. The minimum absolute atomic E-state index is 0.122. The minimum Gasteiger partial charge on any atom is -0.341 e. The predicted molar refractivity (Wildman–Crippen MR) is 78.7 cm³/mol. The van der Waals surface area contributed by atoms with Gasteiger partial charge in [-0.2, -0.15) is 4.98 Å². The summed E-state index contributed by atoms with van der Waals surface area (Å²) in [6.45, 7) is 5.40. The van der Waals surface area contributed by atoms with Crippen LogP contribution in [-0.4, -0.2) is 44.0 Å². The van der Waals surface area contributed by atoms with Gasteiger partial charge in [-0.15, -0.1) is 0 Å². The van der Waals surface area contributed by atoms with Crippen molar-refractivity contribution in [3.8, 4) is 11.5 Å². The van der Waals surface area contributed by atoms with Crippen molar-refractivity contribution in [3.05, 3.63) is 24.5 Å². The third-order valence-corrected chi connectivity index (χ3v) is 4.11. The maximum atomic E-state index is 12.2. The molecule has 1 aliphatic rings. The fourth-order valence-electron chi connectivity index (χ4n) is 2.63. The molecule has 0 spiro atoms. The molecule has 2 aromatic rings. The van der Waals surface area contributed by atoms with Gasteiger partial charge in [0.05, 0.1) is 12.1 Å². The van der Waals surface area contributed by atoms with Gasteiger partial charge in [0.2, 0.25) is 17.6 Å². The van der Waals surface area contributed by atoms with Gasteiger partial charge in [-0.25, -0.2) is 4.98 Å².